The smallest absolute Gasteiger partial charge is 0.233 e. The van der Waals surface area contributed by atoms with Crippen molar-refractivity contribution in [3.63, 3.8) is 0 Å². The number of carbonyl (C=O) groups excluding carboxylic acids is 1. The van der Waals surface area contributed by atoms with Crippen LogP contribution in [-0.2, 0) is 4.79 Å². The zero-order valence-corrected chi connectivity index (χ0v) is 15.3. The van der Waals surface area contributed by atoms with Gasteiger partial charge in [-0.3, -0.25) is 4.79 Å². The molecule has 1 aliphatic carbocycles. The summed E-state index contributed by atoms with van der Waals surface area (Å²) in [5.74, 6) is 0.0393. The summed E-state index contributed by atoms with van der Waals surface area (Å²) in [6.45, 7) is 2.60. The number of benzene rings is 1. The lowest BCUT2D eigenvalue weighted by Crippen LogP contribution is -2.32. The Morgan fingerprint density at radius 2 is 2.16 bits per heavy atom. The second kappa shape index (κ2) is 8.85. The van der Waals surface area contributed by atoms with Crippen molar-refractivity contribution in [3.8, 4) is 5.69 Å². The van der Waals surface area contributed by atoms with Gasteiger partial charge < -0.3 is 5.32 Å². The number of thioether (sulfide) groups is 1. The molecule has 6 heteroatoms. The van der Waals surface area contributed by atoms with Crippen LogP contribution >= 0.6 is 11.8 Å². The van der Waals surface area contributed by atoms with Crippen LogP contribution in [0.1, 0.15) is 39.0 Å². The zero-order valence-electron chi connectivity index (χ0n) is 14.5. The third-order valence-electron chi connectivity index (χ3n) is 4.27. The van der Waals surface area contributed by atoms with E-state index in [4.69, 9.17) is 0 Å². The Bertz CT molecular complexity index is 726. The first kappa shape index (κ1) is 17.7. The van der Waals surface area contributed by atoms with E-state index in [1.54, 1.807) is 11.0 Å². The topological polar surface area (TPSA) is 59.8 Å². The molecule has 1 aliphatic rings. The van der Waals surface area contributed by atoms with Crippen LogP contribution in [0.25, 0.3) is 5.69 Å². The van der Waals surface area contributed by atoms with Gasteiger partial charge in [-0.25, -0.2) is 9.67 Å². The summed E-state index contributed by atoms with van der Waals surface area (Å²) in [6.07, 6.45) is 9.91. The molecule has 0 fully saturated rings. The van der Waals surface area contributed by atoms with Crippen molar-refractivity contribution < 1.29 is 4.79 Å². The largest absolute Gasteiger partial charge is 0.355 e. The first-order chi connectivity index (χ1) is 12.2. The average Bonchev–Trinajstić information content (AvgIpc) is 3.12. The molecule has 0 saturated carbocycles. The highest BCUT2D eigenvalue weighted by Gasteiger charge is 2.17. The molecule has 3 rings (SSSR count). The van der Waals surface area contributed by atoms with Gasteiger partial charge in [0.05, 0.1) is 10.9 Å². The minimum atomic E-state index is -0.216. The summed E-state index contributed by atoms with van der Waals surface area (Å²) >= 11 is 1.38. The molecule has 1 aromatic heterocycles. The molecule has 0 bridgehead atoms. The Kier molecular flexibility index (Phi) is 6.28. The van der Waals surface area contributed by atoms with E-state index in [-0.39, 0.29) is 11.2 Å². The van der Waals surface area contributed by atoms with Gasteiger partial charge in [0.2, 0.25) is 11.1 Å². The van der Waals surface area contributed by atoms with Crippen molar-refractivity contribution in [1.29, 1.82) is 0 Å². The molecule has 5 nitrogen and oxygen atoms in total. The van der Waals surface area contributed by atoms with Crippen molar-refractivity contribution in [1.82, 2.24) is 20.1 Å². The third-order valence-corrected chi connectivity index (χ3v) is 5.24. The molecule has 1 atom stereocenters. The Morgan fingerprint density at radius 1 is 1.32 bits per heavy atom. The van der Waals surface area contributed by atoms with Crippen LogP contribution < -0.4 is 5.32 Å². The van der Waals surface area contributed by atoms with Crippen LogP contribution in [0.5, 0.6) is 0 Å². The Morgan fingerprint density at radius 3 is 2.92 bits per heavy atom. The summed E-state index contributed by atoms with van der Waals surface area (Å²) < 4.78 is 1.72. The molecule has 1 aromatic carbocycles. The highest BCUT2D eigenvalue weighted by atomic mass is 32.2. The quantitative estimate of drug-likeness (QED) is 0.606. The molecule has 1 amide bonds. The fraction of sp³-hybridized carbons (Fsp3) is 0.421. The van der Waals surface area contributed by atoms with Crippen molar-refractivity contribution in [2.24, 2.45) is 0 Å². The van der Waals surface area contributed by atoms with E-state index in [1.807, 2.05) is 37.3 Å². The van der Waals surface area contributed by atoms with Crippen molar-refractivity contribution in [2.75, 3.05) is 6.54 Å². The van der Waals surface area contributed by atoms with E-state index in [1.165, 1.54) is 43.0 Å². The molecule has 0 aliphatic heterocycles. The molecule has 2 aromatic rings. The van der Waals surface area contributed by atoms with Gasteiger partial charge in [-0.15, -0.1) is 5.10 Å². The SMILES string of the molecule is CC(Sc1ncn(-c2ccccc2)n1)C(=O)NCCC1=CCCCC1. The van der Waals surface area contributed by atoms with Gasteiger partial charge >= 0.3 is 0 Å². The number of carbonyl (C=O) groups is 1. The van der Waals surface area contributed by atoms with Crippen molar-refractivity contribution >= 4 is 17.7 Å². The standard InChI is InChI=1S/C19H24N4OS/c1-15(18(24)20-13-12-16-8-4-2-5-9-16)25-19-21-14-23(22-19)17-10-6-3-7-11-17/h3,6-8,10-11,14-15H,2,4-5,9,12-13H2,1H3,(H,20,24). The first-order valence-electron chi connectivity index (χ1n) is 8.82. The molecule has 1 N–H and O–H groups in total. The number of para-hydroxylation sites is 1. The average molecular weight is 356 g/mol. The lowest BCUT2D eigenvalue weighted by atomic mass is 9.97. The molecule has 0 radical (unpaired) electrons. The number of allylic oxidation sites excluding steroid dienone is 1. The maximum Gasteiger partial charge on any atom is 0.233 e. The monoisotopic (exact) mass is 356 g/mol. The van der Waals surface area contributed by atoms with Crippen LogP contribution in [0.2, 0.25) is 0 Å². The Labute approximate surface area is 152 Å². The summed E-state index contributed by atoms with van der Waals surface area (Å²) in [7, 11) is 0. The molecule has 1 unspecified atom stereocenters. The lowest BCUT2D eigenvalue weighted by Gasteiger charge is -2.14. The predicted molar refractivity (Wildman–Crippen MR) is 101 cm³/mol. The Balaban J connectivity index is 1.46. The van der Waals surface area contributed by atoms with E-state index >= 15 is 0 Å². The van der Waals surface area contributed by atoms with Crippen LogP contribution in [0, 0.1) is 0 Å². The molecular weight excluding hydrogens is 332 g/mol. The number of rotatable bonds is 7. The maximum absolute atomic E-state index is 12.3. The zero-order chi connectivity index (χ0) is 17.5. The fourth-order valence-corrected chi connectivity index (χ4v) is 3.59. The maximum atomic E-state index is 12.3. The molecular formula is C19H24N4OS. The van der Waals surface area contributed by atoms with Gasteiger partial charge in [0, 0.05) is 6.54 Å². The third kappa shape index (κ3) is 5.19. The van der Waals surface area contributed by atoms with Gasteiger partial charge in [-0.05, 0) is 51.2 Å². The Hall–Kier alpha value is -2.08. The summed E-state index contributed by atoms with van der Waals surface area (Å²) in [4.78, 5) is 16.5. The molecule has 0 saturated heterocycles. The minimum absolute atomic E-state index is 0.0393. The summed E-state index contributed by atoms with van der Waals surface area (Å²) in [5.41, 5.74) is 2.44. The second-order valence-electron chi connectivity index (χ2n) is 6.22. The first-order valence-corrected chi connectivity index (χ1v) is 9.70. The normalized spacial score (nSPS) is 15.5. The van der Waals surface area contributed by atoms with E-state index in [9.17, 15) is 4.79 Å². The summed E-state index contributed by atoms with van der Waals surface area (Å²) in [5, 5.41) is 7.86. The van der Waals surface area contributed by atoms with Gasteiger partial charge in [0.25, 0.3) is 0 Å². The molecule has 132 valence electrons. The minimum Gasteiger partial charge on any atom is -0.355 e. The fourth-order valence-electron chi connectivity index (χ4n) is 2.84. The number of amides is 1. The van der Waals surface area contributed by atoms with Crippen LogP contribution in [0.3, 0.4) is 0 Å². The van der Waals surface area contributed by atoms with E-state index in [0.29, 0.717) is 11.7 Å². The lowest BCUT2D eigenvalue weighted by molar-refractivity contribution is -0.120. The van der Waals surface area contributed by atoms with Crippen LogP contribution in [-0.4, -0.2) is 32.5 Å². The highest BCUT2D eigenvalue weighted by molar-refractivity contribution is 8.00. The number of nitrogens with zero attached hydrogens (tertiary/aromatic N) is 3. The van der Waals surface area contributed by atoms with E-state index < -0.39 is 0 Å². The van der Waals surface area contributed by atoms with Crippen molar-refractivity contribution in [3.05, 3.63) is 48.3 Å². The van der Waals surface area contributed by atoms with Gasteiger partial charge in [0.1, 0.15) is 6.33 Å². The van der Waals surface area contributed by atoms with Crippen LogP contribution in [0.4, 0.5) is 0 Å². The molecule has 0 spiro atoms. The van der Waals surface area contributed by atoms with Crippen molar-refractivity contribution in [2.45, 2.75) is 49.4 Å². The molecule has 25 heavy (non-hydrogen) atoms. The number of aromatic nitrogens is 3. The number of nitrogens with one attached hydrogen (secondary N) is 1. The number of hydrogen-bond donors (Lipinski definition) is 1. The second-order valence-corrected chi connectivity index (χ2v) is 7.52. The van der Waals surface area contributed by atoms with Gasteiger partial charge in [0.15, 0.2) is 0 Å². The predicted octanol–water partition coefficient (Wildman–Crippen LogP) is 3.75. The van der Waals surface area contributed by atoms with E-state index in [0.717, 1.165) is 12.1 Å². The summed E-state index contributed by atoms with van der Waals surface area (Å²) in [6, 6.07) is 9.83. The van der Waals surface area contributed by atoms with Crippen LogP contribution in [0.15, 0.2) is 53.5 Å². The van der Waals surface area contributed by atoms with E-state index in [2.05, 4.69) is 21.5 Å². The van der Waals surface area contributed by atoms with Gasteiger partial charge in [-0.2, -0.15) is 0 Å². The van der Waals surface area contributed by atoms with Gasteiger partial charge in [-0.1, -0.05) is 41.6 Å². The molecule has 1 heterocycles. The highest BCUT2D eigenvalue weighted by Crippen LogP contribution is 2.21. The number of hydrogen-bond acceptors (Lipinski definition) is 4.